The predicted octanol–water partition coefficient (Wildman–Crippen LogP) is 1.63. The molecule has 0 fully saturated rings. The molecule has 1 aliphatic heterocycles. The van der Waals surface area contributed by atoms with Gasteiger partial charge in [-0.25, -0.2) is 0 Å². The van der Waals surface area contributed by atoms with E-state index in [2.05, 4.69) is 23.0 Å². The van der Waals surface area contributed by atoms with E-state index in [9.17, 15) is 0 Å². The first-order valence-corrected chi connectivity index (χ1v) is 4.84. The zero-order valence-electron chi connectivity index (χ0n) is 7.96. The summed E-state index contributed by atoms with van der Waals surface area (Å²) in [5.41, 5.74) is 7.18. The Kier molecular flexibility index (Phi) is 2.48. The third-order valence-corrected chi connectivity index (χ3v) is 2.50. The summed E-state index contributed by atoms with van der Waals surface area (Å²) in [5, 5.41) is 0.282. The molecular weight excluding hydrogens is 202 g/mol. The van der Waals surface area contributed by atoms with E-state index in [0.717, 1.165) is 25.1 Å². The van der Waals surface area contributed by atoms with Crippen LogP contribution in [0.4, 0.5) is 6.01 Å². The van der Waals surface area contributed by atoms with Gasteiger partial charge >= 0.3 is 0 Å². The molecule has 0 aromatic carbocycles. The van der Waals surface area contributed by atoms with Crippen LogP contribution in [0, 0.1) is 0 Å². The first kappa shape index (κ1) is 9.55. The van der Waals surface area contributed by atoms with Crippen LogP contribution in [0.1, 0.15) is 12.1 Å². The number of likely N-dealkylation sites (N-methyl/N-ethyl adjacent to an activating group) is 1. The highest BCUT2D eigenvalue weighted by atomic mass is 35.5. The molecule has 1 aromatic rings. The second-order valence-electron chi connectivity index (χ2n) is 3.43. The lowest BCUT2D eigenvalue weighted by Crippen LogP contribution is -2.25. The van der Waals surface area contributed by atoms with Crippen molar-refractivity contribution in [3.05, 3.63) is 17.0 Å². The molecule has 0 aliphatic carbocycles. The van der Waals surface area contributed by atoms with Gasteiger partial charge in [0.2, 0.25) is 5.22 Å². The van der Waals surface area contributed by atoms with Gasteiger partial charge in [-0.15, -0.1) is 0 Å². The fourth-order valence-electron chi connectivity index (χ4n) is 1.58. The number of hydrogen-bond acceptors (Lipinski definition) is 4. The molecule has 0 amide bonds. The minimum atomic E-state index is 0.124. The van der Waals surface area contributed by atoms with Crippen LogP contribution in [0.15, 0.2) is 10.5 Å². The van der Waals surface area contributed by atoms with Crippen LogP contribution in [0.5, 0.6) is 0 Å². The summed E-state index contributed by atoms with van der Waals surface area (Å²) in [5.74, 6) is 0. The average Bonchev–Trinajstić information content (AvgIpc) is 2.45. The van der Waals surface area contributed by atoms with Crippen molar-refractivity contribution in [1.82, 2.24) is 9.88 Å². The molecule has 0 bridgehead atoms. The third kappa shape index (κ3) is 1.76. The molecule has 0 radical (unpaired) electrons. The van der Waals surface area contributed by atoms with Gasteiger partial charge < -0.3 is 15.1 Å². The van der Waals surface area contributed by atoms with Crippen molar-refractivity contribution < 1.29 is 4.42 Å². The summed E-state index contributed by atoms with van der Waals surface area (Å²) in [6.45, 7) is 1.90. The second kappa shape index (κ2) is 3.63. The maximum absolute atomic E-state index is 5.86. The number of aromatic nitrogens is 1. The first-order chi connectivity index (χ1) is 6.66. The van der Waals surface area contributed by atoms with Gasteiger partial charge in [-0.1, -0.05) is 6.08 Å². The van der Waals surface area contributed by atoms with Crippen LogP contribution in [-0.2, 0) is 0 Å². The number of nitrogens with zero attached hydrogens (tertiary/aromatic N) is 2. The highest BCUT2D eigenvalue weighted by Gasteiger charge is 2.17. The Balaban J connectivity index is 2.30. The Morgan fingerprint density at radius 2 is 2.43 bits per heavy atom. The topological polar surface area (TPSA) is 55.3 Å². The summed E-state index contributed by atoms with van der Waals surface area (Å²) in [6, 6.07) is 0.124. The van der Waals surface area contributed by atoms with Crippen molar-refractivity contribution in [3.8, 4) is 0 Å². The van der Waals surface area contributed by atoms with Crippen molar-refractivity contribution in [2.75, 3.05) is 25.9 Å². The maximum atomic E-state index is 5.86. The molecule has 0 unspecified atom stereocenters. The molecule has 0 atom stereocenters. The molecule has 0 saturated heterocycles. The Morgan fingerprint density at radius 3 is 3.00 bits per heavy atom. The van der Waals surface area contributed by atoms with Crippen LogP contribution >= 0.6 is 11.6 Å². The van der Waals surface area contributed by atoms with Gasteiger partial charge in [-0.05, 0) is 30.6 Å². The predicted molar refractivity (Wildman–Crippen MR) is 56.0 cm³/mol. The first-order valence-electron chi connectivity index (χ1n) is 4.46. The standard InChI is InChI=1S/C9H12ClN3O/c1-13-4-2-3-6(5-13)7-8(10)14-9(11)12-7/h3H,2,4-5H2,1H3,(H2,11,12). The number of nitrogens with two attached hydrogens (primary N) is 1. The summed E-state index contributed by atoms with van der Waals surface area (Å²) >= 11 is 5.86. The lowest BCUT2D eigenvalue weighted by molar-refractivity contribution is 0.372. The third-order valence-electron chi connectivity index (χ3n) is 2.25. The van der Waals surface area contributed by atoms with Crippen LogP contribution in [0.2, 0.25) is 5.22 Å². The minimum absolute atomic E-state index is 0.124. The van der Waals surface area contributed by atoms with Crippen LogP contribution < -0.4 is 5.73 Å². The number of hydrogen-bond donors (Lipinski definition) is 1. The molecule has 0 spiro atoms. The van der Waals surface area contributed by atoms with Crippen molar-refractivity contribution in [2.45, 2.75) is 6.42 Å². The average molecular weight is 214 g/mol. The Bertz CT molecular complexity index is 372. The Hall–Kier alpha value is -1.00. The van der Waals surface area contributed by atoms with Crippen molar-refractivity contribution in [1.29, 1.82) is 0 Å². The molecule has 76 valence electrons. The summed E-state index contributed by atoms with van der Waals surface area (Å²) in [6.07, 6.45) is 3.14. The molecule has 4 nitrogen and oxygen atoms in total. The van der Waals surface area contributed by atoms with Gasteiger partial charge in [-0.3, -0.25) is 0 Å². The van der Waals surface area contributed by atoms with Crippen molar-refractivity contribution in [2.24, 2.45) is 0 Å². The van der Waals surface area contributed by atoms with Gasteiger partial charge in [0, 0.05) is 13.1 Å². The molecule has 5 heteroatoms. The molecular formula is C9H12ClN3O. The monoisotopic (exact) mass is 213 g/mol. The molecule has 2 heterocycles. The molecule has 2 rings (SSSR count). The smallest absolute Gasteiger partial charge is 0.293 e. The van der Waals surface area contributed by atoms with Gasteiger partial charge in [0.25, 0.3) is 6.01 Å². The summed E-state index contributed by atoms with van der Waals surface area (Å²) < 4.78 is 4.98. The molecule has 1 aromatic heterocycles. The van der Waals surface area contributed by atoms with Crippen LogP contribution in [-0.4, -0.2) is 30.0 Å². The summed E-state index contributed by atoms with van der Waals surface area (Å²) in [4.78, 5) is 6.26. The van der Waals surface area contributed by atoms with E-state index in [0.29, 0.717) is 5.69 Å². The minimum Gasteiger partial charge on any atom is -0.411 e. The van der Waals surface area contributed by atoms with Crippen molar-refractivity contribution >= 4 is 23.2 Å². The van der Waals surface area contributed by atoms with Gasteiger partial charge in [0.15, 0.2) is 0 Å². The van der Waals surface area contributed by atoms with E-state index in [1.807, 2.05) is 0 Å². The SMILES string of the molecule is CN1CCC=C(c2nc(N)oc2Cl)C1. The largest absolute Gasteiger partial charge is 0.411 e. The van der Waals surface area contributed by atoms with Gasteiger partial charge in [-0.2, -0.15) is 4.98 Å². The Morgan fingerprint density at radius 1 is 1.64 bits per heavy atom. The maximum Gasteiger partial charge on any atom is 0.293 e. The second-order valence-corrected chi connectivity index (χ2v) is 3.77. The summed E-state index contributed by atoms with van der Waals surface area (Å²) in [7, 11) is 2.06. The number of nitrogen functional groups attached to an aromatic ring is 1. The van der Waals surface area contributed by atoms with E-state index in [-0.39, 0.29) is 11.2 Å². The van der Waals surface area contributed by atoms with Crippen LogP contribution in [0.3, 0.4) is 0 Å². The Labute approximate surface area is 87.3 Å². The quantitative estimate of drug-likeness (QED) is 0.771. The molecule has 2 N–H and O–H groups in total. The number of halogens is 1. The lowest BCUT2D eigenvalue weighted by atomic mass is 10.1. The van der Waals surface area contributed by atoms with E-state index < -0.39 is 0 Å². The van der Waals surface area contributed by atoms with E-state index in [4.69, 9.17) is 21.8 Å². The lowest BCUT2D eigenvalue weighted by Gasteiger charge is -2.21. The van der Waals surface area contributed by atoms with E-state index in [1.165, 1.54) is 0 Å². The van der Waals surface area contributed by atoms with E-state index in [1.54, 1.807) is 0 Å². The normalized spacial score (nSPS) is 18.3. The highest BCUT2D eigenvalue weighted by Crippen LogP contribution is 2.27. The van der Waals surface area contributed by atoms with Crippen molar-refractivity contribution in [3.63, 3.8) is 0 Å². The zero-order chi connectivity index (χ0) is 10.1. The van der Waals surface area contributed by atoms with E-state index >= 15 is 0 Å². The van der Waals surface area contributed by atoms with Crippen LogP contribution in [0.25, 0.3) is 5.57 Å². The zero-order valence-corrected chi connectivity index (χ0v) is 8.71. The number of rotatable bonds is 1. The highest BCUT2D eigenvalue weighted by molar-refractivity contribution is 6.30. The van der Waals surface area contributed by atoms with Gasteiger partial charge in [0.1, 0.15) is 5.69 Å². The number of oxazole rings is 1. The molecule has 0 saturated carbocycles. The molecule has 1 aliphatic rings. The fourth-order valence-corrected chi connectivity index (χ4v) is 1.82. The number of anilines is 1. The van der Waals surface area contributed by atoms with Gasteiger partial charge in [0.05, 0.1) is 0 Å². The fraction of sp³-hybridized carbons (Fsp3) is 0.444. The molecule has 14 heavy (non-hydrogen) atoms.